The van der Waals surface area contributed by atoms with Crippen LogP contribution in [0.5, 0.6) is 5.75 Å². The number of likely N-dealkylation sites (N-methyl/N-ethyl adjacent to an activating group) is 1. The van der Waals surface area contributed by atoms with Crippen molar-refractivity contribution in [1.82, 2.24) is 20.4 Å². The molecule has 2 saturated carbocycles. The number of aliphatic hydroxyl groups excluding tert-OH is 1. The predicted molar refractivity (Wildman–Crippen MR) is 159 cm³/mol. The van der Waals surface area contributed by atoms with Gasteiger partial charge in [-0.05, 0) is 50.8 Å². The fourth-order valence-corrected chi connectivity index (χ4v) is 6.21. The van der Waals surface area contributed by atoms with Crippen molar-refractivity contribution < 1.29 is 24.2 Å². The topological polar surface area (TPSA) is 123 Å². The largest absolute Gasteiger partial charge is 0.488 e. The lowest BCUT2D eigenvalue weighted by Gasteiger charge is -2.34. The number of carbonyl (C=O) groups is 3. The number of nitrogens with zero attached hydrogens (tertiary/aromatic N) is 2. The monoisotopic (exact) mass is 571 g/mol. The second-order valence-electron chi connectivity index (χ2n) is 12.3. The van der Waals surface area contributed by atoms with Gasteiger partial charge in [0, 0.05) is 42.8 Å². The van der Waals surface area contributed by atoms with E-state index in [1.165, 1.54) is 12.8 Å². The fourth-order valence-electron chi connectivity index (χ4n) is 6.21. The number of carbonyl (C=O) groups excluding carboxylic acids is 3. The molecule has 1 heterocycles. The Labute approximate surface area is 244 Å². The number of urea groups is 2. The molecular weight excluding hydrogens is 522 g/mol. The van der Waals surface area contributed by atoms with Crippen molar-refractivity contribution in [2.75, 3.05) is 32.1 Å². The number of rotatable bonds is 7. The van der Waals surface area contributed by atoms with Crippen LogP contribution >= 0.6 is 0 Å². The zero-order valence-corrected chi connectivity index (χ0v) is 25.0. The summed E-state index contributed by atoms with van der Waals surface area (Å²) in [6.07, 6.45) is 10.7. The van der Waals surface area contributed by atoms with E-state index >= 15 is 0 Å². The third kappa shape index (κ3) is 8.74. The minimum absolute atomic E-state index is 0.0802. The first-order valence-corrected chi connectivity index (χ1v) is 15.5. The molecule has 3 aliphatic rings. The SMILES string of the molecule is C[C@@H]1CN([C@@H](C)CO)C(=O)Cc2cc(NC(=O)NC3CCCCC3)ccc2O[C@@H]1CN(C)C(=O)NC1CCCCC1. The summed E-state index contributed by atoms with van der Waals surface area (Å²) in [5, 5.41) is 19.1. The molecule has 228 valence electrons. The molecule has 1 aromatic carbocycles. The molecule has 2 fully saturated rings. The molecule has 5 amide bonds. The molecule has 0 spiro atoms. The Hall–Kier alpha value is -3.01. The van der Waals surface area contributed by atoms with E-state index in [-0.39, 0.29) is 61.1 Å². The van der Waals surface area contributed by atoms with Crippen molar-refractivity contribution >= 4 is 23.7 Å². The number of fused-ring (bicyclic) bond motifs is 1. The molecule has 3 atom stereocenters. The van der Waals surface area contributed by atoms with E-state index < -0.39 is 0 Å². The molecule has 10 nitrogen and oxygen atoms in total. The maximum atomic E-state index is 13.5. The molecule has 4 rings (SSSR count). The van der Waals surface area contributed by atoms with Crippen molar-refractivity contribution in [3.63, 3.8) is 0 Å². The molecule has 0 unspecified atom stereocenters. The zero-order chi connectivity index (χ0) is 29.4. The molecule has 0 saturated heterocycles. The van der Waals surface area contributed by atoms with E-state index in [0.29, 0.717) is 30.1 Å². The molecular formula is C31H49N5O5. The Morgan fingerprint density at radius 2 is 1.68 bits per heavy atom. The Morgan fingerprint density at radius 3 is 2.32 bits per heavy atom. The summed E-state index contributed by atoms with van der Waals surface area (Å²) in [5.74, 6) is 0.340. The molecule has 41 heavy (non-hydrogen) atoms. The summed E-state index contributed by atoms with van der Waals surface area (Å²) in [6.45, 7) is 4.43. The number of aliphatic hydroxyl groups is 1. The second-order valence-corrected chi connectivity index (χ2v) is 12.3. The first-order chi connectivity index (χ1) is 19.7. The van der Waals surface area contributed by atoms with E-state index in [2.05, 4.69) is 16.0 Å². The Bertz CT molecular complexity index is 1040. The Morgan fingerprint density at radius 1 is 1.05 bits per heavy atom. The lowest BCUT2D eigenvalue weighted by atomic mass is 9.96. The van der Waals surface area contributed by atoms with Gasteiger partial charge in [-0.1, -0.05) is 45.4 Å². The summed E-state index contributed by atoms with van der Waals surface area (Å²) in [4.78, 5) is 42.6. The van der Waals surface area contributed by atoms with Crippen LogP contribution in [-0.4, -0.2) is 83.8 Å². The van der Waals surface area contributed by atoms with Crippen LogP contribution in [0, 0.1) is 5.92 Å². The first-order valence-electron chi connectivity index (χ1n) is 15.5. The highest BCUT2D eigenvalue weighted by Gasteiger charge is 2.32. The van der Waals surface area contributed by atoms with Gasteiger partial charge in [0.1, 0.15) is 11.9 Å². The van der Waals surface area contributed by atoms with Crippen LogP contribution in [0.25, 0.3) is 0 Å². The smallest absolute Gasteiger partial charge is 0.319 e. The number of anilines is 1. The number of ether oxygens (including phenoxy) is 1. The van der Waals surface area contributed by atoms with Gasteiger partial charge >= 0.3 is 12.1 Å². The minimum atomic E-state index is -0.386. The maximum Gasteiger partial charge on any atom is 0.319 e. The third-order valence-electron chi connectivity index (χ3n) is 8.85. The molecule has 0 aromatic heterocycles. The molecule has 1 aliphatic heterocycles. The second kappa shape index (κ2) is 14.8. The highest BCUT2D eigenvalue weighted by atomic mass is 16.5. The Kier molecular flexibility index (Phi) is 11.1. The van der Waals surface area contributed by atoms with Gasteiger partial charge in [-0.15, -0.1) is 0 Å². The van der Waals surface area contributed by atoms with Gasteiger partial charge in [0.15, 0.2) is 0 Å². The van der Waals surface area contributed by atoms with Crippen LogP contribution < -0.4 is 20.7 Å². The van der Waals surface area contributed by atoms with E-state index in [1.54, 1.807) is 35.0 Å². The summed E-state index contributed by atoms with van der Waals surface area (Å²) < 4.78 is 6.54. The van der Waals surface area contributed by atoms with Crippen molar-refractivity contribution in [2.24, 2.45) is 5.92 Å². The van der Waals surface area contributed by atoms with Crippen molar-refractivity contribution in [3.8, 4) is 5.75 Å². The normalized spacial score (nSPS) is 23.2. The van der Waals surface area contributed by atoms with Crippen molar-refractivity contribution in [2.45, 2.75) is 109 Å². The highest BCUT2D eigenvalue weighted by Crippen LogP contribution is 2.29. The highest BCUT2D eigenvalue weighted by molar-refractivity contribution is 5.90. The third-order valence-corrected chi connectivity index (χ3v) is 8.85. The predicted octanol–water partition coefficient (Wildman–Crippen LogP) is 4.26. The van der Waals surface area contributed by atoms with E-state index in [0.717, 1.165) is 51.4 Å². The van der Waals surface area contributed by atoms with Crippen LogP contribution in [0.3, 0.4) is 0 Å². The summed E-state index contributed by atoms with van der Waals surface area (Å²) in [6, 6.07) is 5.04. The van der Waals surface area contributed by atoms with E-state index in [9.17, 15) is 19.5 Å². The van der Waals surface area contributed by atoms with Crippen LogP contribution in [-0.2, 0) is 11.2 Å². The first kappa shape index (κ1) is 30.9. The number of hydrogen-bond acceptors (Lipinski definition) is 5. The van der Waals surface area contributed by atoms with Gasteiger partial charge in [-0.3, -0.25) is 4.79 Å². The van der Waals surface area contributed by atoms with Gasteiger partial charge in [-0.2, -0.15) is 0 Å². The number of hydrogen-bond donors (Lipinski definition) is 4. The van der Waals surface area contributed by atoms with Crippen molar-refractivity contribution in [3.05, 3.63) is 23.8 Å². The standard InChI is InChI=1S/C31H49N5O5/c1-21-18-36(22(2)20-37)29(38)17-23-16-26(33-30(39)32-24-10-6-4-7-11-24)14-15-27(23)41-28(21)19-35(3)31(40)34-25-12-8-5-9-13-25/h14-16,21-22,24-25,28,37H,4-13,17-20H2,1-3H3,(H,34,40)(H2,32,33,39)/t21-,22+,28-/m1/s1. The lowest BCUT2D eigenvalue weighted by molar-refractivity contribution is -0.134. The van der Waals surface area contributed by atoms with Crippen LogP contribution in [0.2, 0.25) is 0 Å². The summed E-state index contributed by atoms with van der Waals surface area (Å²) in [5.41, 5.74) is 1.25. The minimum Gasteiger partial charge on any atom is -0.488 e. The van der Waals surface area contributed by atoms with Gasteiger partial charge in [-0.25, -0.2) is 9.59 Å². The lowest BCUT2D eigenvalue weighted by Crippen LogP contribution is -2.50. The zero-order valence-electron chi connectivity index (χ0n) is 25.0. The molecule has 0 radical (unpaired) electrons. The summed E-state index contributed by atoms with van der Waals surface area (Å²) in [7, 11) is 1.78. The summed E-state index contributed by atoms with van der Waals surface area (Å²) >= 11 is 0. The average molecular weight is 572 g/mol. The molecule has 1 aromatic rings. The number of amides is 5. The number of nitrogens with one attached hydrogen (secondary N) is 3. The molecule has 10 heteroatoms. The van der Waals surface area contributed by atoms with E-state index in [1.807, 2.05) is 13.8 Å². The number of benzene rings is 1. The molecule has 4 N–H and O–H groups in total. The van der Waals surface area contributed by atoms with Crippen LogP contribution in [0.15, 0.2) is 18.2 Å². The van der Waals surface area contributed by atoms with Gasteiger partial charge < -0.3 is 35.6 Å². The van der Waals surface area contributed by atoms with Gasteiger partial charge in [0.05, 0.1) is 25.6 Å². The Balaban J connectivity index is 1.50. The quantitative estimate of drug-likeness (QED) is 0.389. The molecule has 2 aliphatic carbocycles. The van der Waals surface area contributed by atoms with Crippen molar-refractivity contribution in [1.29, 1.82) is 0 Å². The van der Waals surface area contributed by atoms with Crippen LogP contribution in [0.4, 0.5) is 15.3 Å². The maximum absolute atomic E-state index is 13.5. The van der Waals surface area contributed by atoms with Gasteiger partial charge in [0.25, 0.3) is 0 Å². The molecule has 0 bridgehead atoms. The van der Waals surface area contributed by atoms with Crippen LogP contribution in [0.1, 0.15) is 83.6 Å². The van der Waals surface area contributed by atoms with E-state index in [4.69, 9.17) is 4.74 Å². The fraction of sp³-hybridized carbons (Fsp3) is 0.710. The van der Waals surface area contributed by atoms with Gasteiger partial charge in [0.2, 0.25) is 5.91 Å². The average Bonchev–Trinajstić information content (AvgIpc) is 3.01.